The number of rotatable bonds is 4. The van der Waals surface area contributed by atoms with Gasteiger partial charge in [-0.25, -0.2) is 9.97 Å². The highest BCUT2D eigenvalue weighted by molar-refractivity contribution is 9.10. The SMILES string of the molecule is CNCC1(c2nccc(-c3ccc(Br)cc3)n2)CCC1. The second kappa shape index (κ2) is 5.62. The molecule has 1 N–H and O–H groups in total. The van der Waals surface area contributed by atoms with Crippen molar-refractivity contribution in [3.8, 4) is 11.3 Å². The number of aromatic nitrogens is 2. The molecule has 104 valence electrons. The molecule has 1 aromatic carbocycles. The first kappa shape index (κ1) is 13.7. The lowest BCUT2D eigenvalue weighted by Gasteiger charge is -2.40. The summed E-state index contributed by atoms with van der Waals surface area (Å²) < 4.78 is 1.08. The second-order valence-electron chi connectivity index (χ2n) is 5.44. The van der Waals surface area contributed by atoms with Crippen molar-refractivity contribution in [2.45, 2.75) is 24.7 Å². The third-order valence-electron chi connectivity index (χ3n) is 4.10. The van der Waals surface area contributed by atoms with Crippen LogP contribution in [0.4, 0.5) is 0 Å². The third kappa shape index (κ3) is 2.50. The minimum atomic E-state index is 0.139. The number of hydrogen-bond acceptors (Lipinski definition) is 3. The largest absolute Gasteiger partial charge is 0.319 e. The predicted octanol–water partition coefficient (Wildman–Crippen LogP) is 3.55. The lowest BCUT2D eigenvalue weighted by atomic mass is 9.68. The van der Waals surface area contributed by atoms with Crippen molar-refractivity contribution in [1.82, 2.24) is 15.3 Å². The predicted molar refractivity (Wildman–Crippen MR) is 84.6 cm³/mol. The molecule has 0 atom stereocenters. The van der Waals surface area contributed by atoms with Crippen molar-refractivity contribution in [3.63, 3.8) is 0 Å². The van der Waals surface area contributed by atoms with Gasteiger partial charge in [-0.1, -0.05) is 34.5 Å². The summed E-state index contributed by atoms with van der Waals surface area (Å²) in [6.45, 7) is 0.955. The van der Waals surface area contributed by atoms with E-state index in [4.69, 9.17) is 4.98 Å². The van der Waals surface area contributed by atoms with Crippen LogP contribution in [0.3, 0.4) is 0 Å². The third-order valence-corrected chi connectivity index (χ3v) is 4.62. The Balaban J connectivity index is 1.95. The van der Waals surface area contributed by atoms with Crippen LogP contribution in [0, 0.1) is 0 Å². The molecule has 3 rings (SSSR count). The van der Waals surface area contributed by atoms with Gasteiger partial charge in [0, 0.05) is 28.2 Å². The van der Waals surface area contributed by atoms with Crippen molar-refractivity contribution >= 4 is 15.9 Å². The normalized spacial score (nSPS) is 16.7. The fourth-order valence-corrected chi connectivity index (χ4v) is 3.08. The van der Waals surface area contributed by atoms with E-state index in [0.717, 1.165) is 28.1 Å². The standard InChI is InChI=1S/C16H18BrN3/c1-18-11-16(8-2-9-16)15-19-10-7-14(20-15)12-3-5-13(17)6-4-12/h3-7,10,18H,2,8-9,11H2,1H3. The highest BCUT2D eigenvalue weighted by Gasteiger charge is 2.40. The summed E-state index contributed by atoms with van der Waals surface area (Å²) in [4.78, 5) is 9.35. The summed E-state index contributed by atoms with van der Waals surface area (Å²) in [6.07, 6.45) is 5.51. The molecule has 0 aliphatic heterocycles. The van der Waals surface area contributed by atoms with E-state index in [9.17, 15) is 0 Å². The summed E-state index contributed by atoms with van der Waals surface area (Å²) in [5.41, 5.74) is 2.28. The molecule has 1 aromatic heterocycles. The minimum absolute atomic E-state index is 0.139. The van der Waals surface area contributed by atoms with E-state index in [0.29, 0.717) is 0 Å². The van der Waals surface area contributed by atoms with Gasteiger partial charge < -0.3 is 5.32 Å². The van der Waals surface area contributed by atoms with Crippen LogP contribution in [-0.4, -0.2) is 23.6 Å². The average Bonchev–Trinajstić information content (AvgIpc) is 2.44. The van der Waals surface area contributed by atoms with Gasteiger partial charge in [-0.3, -0.25) is 0 Å². The zero-order chi connectivity index (χ0) is 14.0. The maximum absolute atomic E-state index is 4.82. The van der Waals surface area contributed by atoms with Crippen molar-refractivity contribution in [1.29, 1.82) is 0 Å². The Labute approximate surface area is 128 Å². The fraction of sp³-hybridized carbons (Fsp3) is 0.375. The van der Waals surface area contributed by atoms with Crippen molar-refractivity contribution in [3.05, 3.63) is 46.8 Å². The molecular weight excluding hydrogens is 314 g/mol. The van der Waals surface area contributed by atoms with Crippen LogP contribution in [-0.2, 0) is 5.41 Å². The molecule has 1 heterocycles. The van der Waals surface area contributed by atoms with Crippen molar-refractivity contribution in [2.24, 2.45) is 0 Å². The Morgan fingerprint density at radius 2 is 1.95 bits per heavy atom. The Hall–Kier alpha value is -1.26. The molecule has 3 nitrogen and oxygen atoms in total. The van der Waals surface area contributed by atoms with E-state index in [1.54, 1.807) is 0 Å². The first-order valence-electron chi connectivity index (χ1n) is 6.98. The molecule has 0 bridgehead atoms. The fourth-order valence-electron chi connectivity index (χ4n) is 2.82. The van der Waals surface area contributed by atoms with Gasteiger partial charge in [0.05, 0.1) is 5.69 Å². The minimum Gasteiger partial charge on any atom is -0.319 e. The molecule has 1 aliphatic rings. The van der Waals surface area contributed by atoms with Crippen LogP contribution in [0.25, 0.3) is 11.3 Å². The molecule has 0 spiro atoms. The van der Waals surface area contributed by atoms with Gasteiger partial charge in [0.15, 0.2) is 0 Å². The maximum Gasteiger partial charge on any atom is 0.136 e. The smallest absolute Gasteiger partial charge is 0.136 e. The molecule has 0 saturated heterocycles. The Kier molecular flexibility index (Phi) is 3.85. The van der Waals surface area contributed by atoms with E-state index in [2.05, 4.69) is 38.4 Å². The van der Waals surface area contributed by atoms with Gasteiger partial charge in [0.2, 0.25) is 0 Å². The van der Waals surface area contributed by atoms with E-state index < -0.39 is 0 Å². The molecule has 2 aromatic rings. The van der Waals surface area contributed by atoms with Gasteiger partial charge in [-0.15, -0.1) is 0 Å². The highest BCUT2D eigenvalue weighted by Crippen LogP contribution is 2.41. The van der Waals surface area contributed by atoms with Crippen molar-refractivity contribution in [2.75, 3.05) is 13.6 Å². The molecule has 0 radical (unpaired) electrons. The summed E-state index contributed by atoms with van der Waals surface area (Å²) in [7, 11) is 2.00. The summed E-state index contributed by atoms with van der Waals surface area (Å²) in [5, 5.41) is 3.29. The summed E-state index contributed by atoms with van der Waals surface area (Å²) in [6, 6.07) is 10.2. The number of nitrogens with one attached hydrogen (secondary N) is 1. The number of halogens is 1. The Bertz CT molecular complexity index is 591. The summed E-state index contributed by atoms with van der Waals surface area (Å²) >= 11 is 3.46. The lowest BCUT2D eigenvalue weighted by molar-refractivity contribution is 0.225. The lowest BCUT2D eigenvalue weighted by Crippen LogP contribution is -2.44. The quantitative estimate of drug-likeness (QED) is 0.930. The van der Waals surface area contributed by atoms with Crippen LogP contribution >= 0.6 is 15.9 Å². The first-order valence-corrected chi connectivity index (χ1v) is 7.77. The Morgan fingerprint density at radius 3 is 2.55 bits per heavy atom. The van der Waals surface area contributed by atoms with E-state index in [1.807, 2.05) is 31.4 Å². The topological polar surface area (TPSA) is 37.8 Å². The first-order chi connectivity index (χ1) is 9.73. The molecular formula is C16H18BrN3. The molecule has 0 amide bonds. The molecule has 1 saturated carbocycles. The molecule has 0 unspecified atom stereocenters. The van der Waals surface area contributed by atoms with Crippen LogP contribution in [0.2, 0.25) is 0 Å². The average molecular weight is 332 g/mol. The molecule has 1 aliphatic carbocycles. The van der Waals surface area contributed by atoms with Crippen LogP contribution in [0.15, 0.2) is 41.0 Å². The maximum atomic E-state index is 4.82. The Morgan fingerprint density at radius 1 is 1.20 bits per heavy atom. The number of hydrogen-bond donors (Lipinski definition) is 1. The van der Waals surface area contributed by atoms with Crippen LogP contribution < -0.4 is 5.32 Å². The van der Waals surface area contributed by atoms with Gasteiger partial charge in [-0.05, 0) is 38.1 Å². The van der Waals surface area contributed by atoms with Gasteiger partial charge >= 0.3 is 0 Å². The van der Waals surface area contributed by atoms with Gasteiger partial charge in [0.1, 0.15) is 5.82 Å². The zero-order valence-electron chi connectivity index (χ0n) is 11.6. The molecule has 4 heteroatoms. The van der Waals surface area contributed by atoms with Gasteiger partial charge in [-0.2, -0.15) is 0 Å². The monoisotopic (exact) mass is 331 g/mol. The summed E-state index contributed by atoms with van der Waals surface area (Å²) in [5.74, 6) is 0.985. The highest BCUT2D eigenvalue weighted by atomic mass is 79.9. The van der Waals surface area contributed by atoms with E-state index >= 15 is 0 Å². The van der Waals surface area contributed by atoms with E-state index in [-0.39, 0.29) is 5.41 Å². The number of nitrogens with zero attached hydrogens (tertiary/aromatic N) is 2. The van der Waals surface area contributed by atoms with Crippen LogP contribution in [0.1, 0.15) is 25.1 Å². The molecule has 1 fully saturated rings. The van der Waals surface area contributed by atoms with Gasteiger partial charge in [0.25, 0.3) is 0 Å². The van der Waals surface area contributed by atoms with Crippen molar-refractivity contribution < 1.29 is 0 Å². The van der Waals surface area contributed by atoms with Crippen LogP contribution in [0.5, 0.6) is 0 Å². The number of likely N-dealkylation sites (N-methyl/N-ethyl adjacent to an activating group) is 1. The molecule has 20 heavy (non-hydrogen) atoms. The van der Waals surface area contributed by atoms with E-state index in [1.165, 1.54) is 19.3 Å². The number of benzene rings is 1. The second-order valence-corrected chi connectivity index (χ2v) is 6.35. The zero-order valence-corrected chi connectivity index (χ0v) is 13.2.